The maximum Gasteiger partial charge on any atom is 0.168 e. The average Bonchev–Trinajstić information content (AvgIpc) is 2.54. The molecule has 22 heavy (non-hydrogen) atoms. The van der Waals surface area contributed by atoms with E-state index in [1.807, 2.05) is 62.4 Å². The third-order valence-electron chi connectivity index (χ3n) is 3.69. The predicted octanol–water partition coefficient (Wildman–Crippen LogP) is 4.15. The van der Waals surface area contributed by atoms with Gasteiger partial charge in [-0.1, -0.05) is 42.5 Å². The van der Waals surface area contributed by atoms with Gasteiger partial charge >= 0.3 is 0 Å². The average molecular weight is 298 g/mol. The molecule has 0 fully saturated rings. The van der Waals surface area contributed by atoms with E-state index in [9.17, 15) is 5.11 Å². The quantitative estimate of drug-likeness (QED) is 0.901. The SMILES string of the molecule is COc1c(C)ccc(/C(C)=C/[C@H](O)c2ccccc2)c1OC. The van der Waals surface area contributed by atoms with E-state index < -0.39 is 6.10 Å². The monoisotopic (exact) mass is 298 g/mol. The third kappa shape index (κ3) is 3.31. The molecule has 2 aromatic carbocycles. The van der Waals surface area contributed by atoms with Gasteiger partial charge in [-0.2, -0.15) is 0 Å². The Kier molecular flexibility index (Phi) is 5.23. The Bertz CT molecular complexity index is 660. The predicted molar refractivity (Wildman–Crippen MR) is 89.3 cm³/mol. The van der Waals surface area contributed by atoms with E-state index in [0.29, 0.717) is 5.75 Å². The van der Waals surface area contributed by atoms with E-state index in [-0.39, 0.29) is 0 Å². The summed E-state index contributed by atoms with van der Waals surface area (Å²) < 4.78 is 10.9. The Labute approximate surface area is 131 Å². The van der Waals surface area contributed by atoms with Crippen LogP contribution in [0.4, 0.5) is 0 Å². The van der Waals surface area contributed by atoms with Crippen molar-refractivity contribution in [1.82, 2.24) is 0 Å². The van der Waals surface area contributed by atoms with Crippen molar-refractivity contribution in [2.75, 3.05) is 14.2 Å². The molecular weight excluding hydrogens is 276 g/mol. The number of allylic oxidation sites excluding steroid dienone is 1. The summed E-state index contributed by atoms with van der Waals surface area (Å²) in [5.74, 6) is 1.42. The third-order valence-corrected chi connectivity index (χ3v) is 3.69. The van der Waals surface area contributed by atoms with Crippen molar-refractivity contribution in [3.05, 3.63) is 65.2 Å². The molecule has 0 heterocycles. The summed E-state index contributed by atoms with van der Waals surface area (Å²) in [5, 5.41) is 10.3. The fourth-order valence-corrected chi connectivity index (χ4v) is 2.50. The Balaban J connectivity index is 2.41. The Morgan fingerprint density at radius 2 is 1.64 bits per heavy atom. The zero-order valence-electron chi connectivity index (χ0n) is 13.5. The van der Waals surface area contributed by atoms with Crippen LogP contribution in [0.25, 0.3) is 5.57 Å². The summed E-state index contributed by atoms with van der Waals surface area (Å²) >= 11 is 0. The zero-order chi connectivity index (χ0) is 16.1. The number of aliphatic hydroxyl groups excluding tert-OH is 1. The van der Waals surface area contributed by atoms with Gasteiger partial charge < -0.3 is 14.6 Å². The molecule has 0 aliphatic heterocycles. The van der Waals surface area contributed by atoms with E-state index >= 15 is 0 Å². The van der Waals surface area contributed by atoms with Crippen LogP contribution in [0.1, 0.15) is 29.7 Å². The zero-order valence-corrected chi connectivity index (χ0v) is 13.5. The Hall–Kier alpha value is -2.26. The summed E-state index contributed by atoms with van der Waals surface area (Å²) in [7, 11) is 3.26. The van der Waals surface area contributed by atoms with Gasteiger partial charge in [-0.3, -0.25) is 0 Å². The topological polar surface area (TPSA) is 38.7 Å². The molecule has 3 nitrogen and oxygen atoms in total. The van der Waals surface area contributed by atoms with Crippen LogP contribution in [0.3, 0.4) is 0 Å². The van der Waals surface area contributed by atoms with Gasteiger partial charge in [0, 0.05) is 5.56 Å². The number of ether oxygens (including phenoxy) is 2. The van der Waals surface area contributed by atoms with Crippen LogP contribution in [-0.4, -0.2) is 19.3 Å². The van der Waals surface area contributed by atoms with E-state index in [0.717, 1.165) is 28.0 Å². The van der Waals surface area contributed by atoms with Crippen LogP contribution in [0.5, 0.6) is 11.5 Å². The first-order chi connectivity index (χ1) is 10.6. The van der Waals surface area contributed by atoms with Crippen molar-refractivity contribution >= 4 is 5.57 Å². The molecule has 0 bridgehead atoms. The van der Waals surface area contributed by atoms with Gasteiger partial charge in [-0.05, 0) is 36.6 Å². The normalized spacial score (nSPS) is 12.9. The fraction of sp³-hybridized carbons (Fsp3) is 0.263. The molecule has 0 aliphatic carbocycles. The van der Waals surface area contributed by atoms with Crippen molar-refractivity contribution < 1.29 is 14.6 Å². The minimum atomic E-state index is -0.654. The summed E-state index contributed by atoms with van der Waals surface area (Å²) in [6.07, 6.45) is 1.17. The van der Waals surface area contributed by atoms with Crippen LogP contribution >= 0.6 is 0 Å². The van der Waals surface area contributed by atoms with Gasteiger partial charge in [-0.15, -0.1) is 0 Å². The smallest absolute Gasteiger partial charge is 0.168 e. The molecule has 0 radical (unpaired) electrons. The van der Waals surface area contributed by atoms with Crippen molar-refractivity contribution in [3.63, 3.8) is 0 Å². The number of hydrogen-bond acceptors (Lipinski definition) is 3. The first kappa shape index (κ1) is 16.1. The lowest BCUT2D eigenvalue weighted by Gasteiger charge is -2.16. The molecule has 3 heteroatoms. The van der Waals surface area contributed by atoms with Crippen LogP contribution in [-0.2, 0) is 0 Å². The van der Waals surface area contributed by atoms with Gasteiger partial charge in [0.05, 0.1) is 20.3 Å². The number of hydrogen-bond donors (Lipinski definition) is 1. The van der Waals surface area contributed by atoms with Crippen LogP contribution in [0.2, 0.25) is 0 Å². The lowest BCUT2D eigenvalue weighted by atomic mass is 9.99. The van der Waals surface area contributed by atoms with Gasteiger partial charge in [0.1, 0.15) is 0 Å². The van der Waals surface area contributed by atoms with Crippen LogP contribution < -0.4 is 9.47 Å². The highest BCUT2D eigenvalue weighted by atomic mass is 16.5. The van der Waals surface area contributed by atoms with Crippen LogP contribution in [0.15, 0.2) is 48.5 Å². The van der Waals surface area contributed by atoms with Gasteiger partial charge in [0.25, 0.3) is 0 Å². The molecule has 0 amide bonds. The minimum absolute atomic E-state index is 0.654. The maximum absolute atomic E-state index is 10.3. The highest BCUT2D eigenvalue weighted by Gasteiger charge is 2.15. The molecule has 0 aliphatic rings. The van der Waals surface area contributed by atoms with E-state index in [4.69, 9.17) is 9.47 Å². The van der Waals surface area contributed by atoms with Crippen molar-refractivity contribution in [3.8, 4) is 11.5 Å². The summed E-state index contributed by atoms with van der Waals surface area (Å²) in [6, 6.07) is 13.5. The second-order valence-electron chi connectivity index (χ2n) is 5.20. The second kappa shape index (κ2) is 7.14. The molecule has 0 saturated heterocycles. The molecule has 1 atom stereocenters. The number of aliphatic hydroxyl groups is 1. The lowest BCUT2D eigenvalue weighted by molar-refractivity contribution is 0.229. The molecule has 116 valence electrons. The maximum atomic E-state index is 10.3. The van der Waals surface area contributed by atoms with Gasteiger partial charge in [-0.25, -0.2) is 0 Å². The highest BCUT2D eigenvalue weighted by Crippen LogP contribution is 2.38. The number of methoxy groups -OCH3 is 2. The second-order valence-corrected chi connectivity index (χ2v) is 5.20. The fourth-order valence-electron chi connectivity index (χ4n) is 2.50. The molecule has 0 unspecified atom stereocenters. The summed E-state index contributed by atoms with van der Waals surface area (Å²) in [5.41, 5.74) is 3.73. The first-order valence-corrected chi connectivity index (χ1v) is 7.21. The van der Waals surface area contributed by atoms with E-state index in [1.165, 1.54) is 0 Å². The molecule has 1 N–H and O–H groups in total. The molecule has 0 saturated carbocycles. The van der Waals surface area contributed by atoms with Crippen molar-refractivity contribution in [2.24, 2.45) is 0 Å². The standard InChI is InChI=1S/C19H22O3/c1-13-10-11-16(19(22-4)18(13)21-3)14(2)12-17(20)15-8-6-5-7-9-15/h5-12,17,20H,1-4H3/b14-12+/t17-/m0/s1. The van der Waals surface area contributed by atoms with Gasteiger partial charge in [0.2, 0.25) is 0 Å². The largest absolute Gasteiger partial charge is 0.493 e. The van der Waals surface area contributed by atoms with Crippen LogP contribution in [0, 0.1) is 6.92 Å². The molecule has 0 spiro atoms. The number of rotatable bonds is 5. The molecule has 0 aromatic heterocycles. The van der Waals surface area contributed by atoms with Gasteiger partial charge in [0.15, 0.2) is 11.5 Å². The lowest BCUT2D eigenvalue weighted by Crippen LogP contribution is -1.99. The molecular formula is C19H22O3. The van der Waals surface area contributed by atoms with E-state index in [1.54, 1.807) is 14.2 Å². The van der Waals surface area contributed by atoms with E-state index in [2.05, 4.69) is 0 Å². The number of benzene rings is 2. The number of aryl methyl sites for hydroxylation is 1. The Morgan fingerprint density at radius 1 is 1.00 bits per heavy atom. The summed E-state index contributed by atoms with van der Waals surface area (Å²) in [6.45, 7) is 3.93. The molecule has 2 aromatic rings. The molecule has 2 rings (SSSR count). The van der Waals surface area contributed by atoms with Crippen molar-refractivity contribution in [1.29, 1.82) is 0 Å². The minimum Gasteiger partial charge on any atom is -0.493 e. The summed E-state index contributed by atoms with van der Waals surface area (Å²) in [4.78, 5) is 0. The Morgan fingerprint density at radius 3 is 2.23 bits per heavy atom. The highest BCUT2D eigenvalue weighted by molar-refractivity contribution is 5.73. The van der Waals surface area contributed by atoms with Crippen molar-refractivity contribution in [2.45, 2.75) is 20.0 Å². The first-order valence-electron chi connectivity index (χ1n) is 7.21.